The molecule has 2 rings (SSSR count). The monoisotopic (exact) mass is 280 g/mol. The van der Waals surface area contributed by atoms with Crippen molar-refractivity contribution in [2.75, 3.05) is 13.1 Å². The van der Waals surface area contributed by atoms with E-state index in [2.05, 4.69) is 12.2 Å². The molecule has 1 aliphatic rings. The summed E-state index contributed by atoms with van der Waals surface area (Å²) >= 11 is 6.03. The molecular weight excluding hydrogens is 260 g/mol. The maximum Gasteiger partial charge on any atom is 0.240 e. The predicted octanol–water partition coefficient (Wildman–Crippen LogP) is 3.00. The number of hydrogen-bond donors (Lipinski definition) is 1. The molecule has 1 N–H and O–H groups in total. The summed E-state index contributed by atoms with van der Waals surface area (Å²) in [7, 11) is 0. The Hall–Kier alpha value is -1.06. The van der Waals surface area contributed by atoms with Gasteiger partial charge in [0.1, 0.15) is 0 Å². The second-order valence-electron chi connectivity index (χ2n) is 5.02. The molecule has 1 fully saturated rings. The van der Waals surface area contributed by atoms with Crippen molar-refractivity contribution in [3.8, 4) is 0 Å². The molecule has 19 heavy (non-hydrogen) atoms. The standard InChI is InChI=1S/C15H21ClN2O/c1-3-17-14-8-5-9-18(15(14)19)11(2)12-6-4-7-13(16)10-12/h4,6-7,10-11,14,17H,3,5,8-9H2,1-2H3. The number of nitrogens with zero attached hydrogens (tertiary/aromatic N) is 1. The van der Waals surface area contributed by atoms with Crippen LogP contribution in [0.2, 0.25) is 5.02 Å². The van der Waals surface area contributed by atoms with Crippen LogP contribution in [0, 0.1) is 0 Å². The summed E-state index contributed by atoms with van der Waals surface area (Å²) in [5.41, 5.74) is 1.10. The topological polar surface area (TPSA) is 32.3 Å². The summed E-state index contributed by atoms with van der Waals surface area (Å²) in [6, 6.07) is 7.81. The molecule has 1 heterocycles. The van der Waals surface area contributed by atoms with Crippen molar-refractivity contribution < 1.29 is 4.79 Å². The van der Waals surface area contributed by atoms with Gasteiger partial charge in [0.2, 0.25) is 5.91 Å². The second kappa shape index (κ2) is 6.40. The molecule has 1 saturated heterocycles. The van der Waals surface area contributed by atoms with Crippen LogP contribution >= 0.6 is 11.6 Å². The minimum absolute atomic E-state index is 0.0274. The molecule has 3 nitrogen and oxygen atoms in total. The first-order chi connectivity index (χ1) is 9.13. The van der Waals surface area contributed by atoms with Crippen LogP contribution in [0.3, 0.4) is 0 Å². The normalized spacial score (nSPS) is 21.5. The van der Waals surface area contributed by atoms with Crippen molar-refractivity contribution >= 4 is 17.5 Å². The maximum atomic E-state index is 12.4. The molecule has 4 heteroatoms. The lowest BCUT2D eigenvalue weighted by Gasteiger charge is -2.37. The Morgan fingerprint density at radius 1 is 1.53 bits per heavy atom. The lowest BCUT2D eigenvalue weighted by molar-refractivity contribution is -0.138. The van der Waals surface area contributed by atoms with Crippen molar-refractivity contribution in [3.05, 3.63) is 34.9 Å². The number of nitrogens with one attached hydrogen (secondary N) is 1. The average molecular weight is 281 g/mol. The van der Waals surface area contributed by atoms with Crippen LogP contribution < -0.4 is 5.32 Å². The third-order valence-corrected chi connectivity index (χ3v) is 3.96. The number of amides is 1. The molecule has 104 valence electrons. The van der Waals surface area contributed by atoms with Crippen LogP contribution in [-0.4, -0.2) is 29.9 Å². The lowest BCUT2D eigenvalue weighted by atomic mass is 9.99. The second-order valence-corrected chi connectivity index (χ2v) is 5.45. The van der Waals surface area contributed by atoms with Crippen LogP contribution in [0.15, 0.2) is 24.3 Å². The number of rotatable bonds is 4. The minimum Gasteiger partial charge on any atom is -0.335 e. The lowest BCUT2D eigenvalue weighted by Crippen LogP contribution is -2.51. The minimum atomic E-state index is -0.0274. The molecule has 2 unspecified atom stereocenters. The van der Waals surface area contributed by atoms with Gasteiger partial charge in [-0.25, -0.2) is 0 Å². The van der Waals surface area contributed by atoms with E-state index < -0.39 is 0 Å². The fourth-order valence-corrected chi connectivity index (χ4v) is 2.86. The highest BCUT2D eigenvalue weighted by Gasteiger charge is 2.31. The third-order valence-electron chi connectivity index (χ3n) is 3.72. The zero-order valence-corrected chi connectivity index (χ0v) is 12.3. The Morgan fingerprint density at radius 3 is 3.00 bits per heavy atom. The highest BCUT2D eigenvalue weighted by Crippen LogP contribution is 2.26. The fourth-order valence-electron chi connectivity index (χ4n) is 2.67. The molecule has 1 aromatic rings. The summed E-state index contributed by atoms with van der Waals surface area (Å²) < 4.78 is 0. The molecule has 0 bridgehead atoms. The molecule has 0 saturated carbocycles. The number of hydrogen-bond acceptors (Lipinski definition) is 2. The van der Waals surface area contributed by atoms with E-state index in [4.69, 9.17) is 11.6 Å². The van der Waals surface area contributed by atoms with Crippen LogP contribution in [0.1, 0.15) is 38.3 Å². The first-order valence-electron chi connectivity index (χ1n) is 6.92. The smallest absolute Gasteiger partial charge is 0.240 e. The van der Waals surface area contributed by atoms with Crippen molar-refractivity contribution in [1.29, 1.82) is 0 Å². The van der Waals surface area contributed by atoms with Gasteiger partial charge in [-0.3, -0.25) is 4.79 Å². The first-order valence-corrected chi connectivity index (χ1v) is 7.30. The van der Waals surface area contributed by atoms with E-state index in [1.54, 1.807) is 0 Å². The molecule has 0 radical (unpaired) electrons. The summed E-state index contributed by atoms with van der Waals surface area (Å²) in [4.78, 5) is 14.4. The van der Waals surface area contributed by atoms with E-state index >= 15 is 0 Å². The highest BCUT2D eigenvalue weighted by molar-refractivity contribution is 6.30. The van der Waals surface area contributed by atoms with Gasteiger partial charge < -0.3 is 10.2 Å². The van der Waals surface area contributed by atoms with Crippen molar-refractivity contribution in [3.63, 3.8) is 0 Å². The van der Waals surface area contributed by atoms with Gasteiger partial charge in [0.05, 0.1) is 12.1 Å². The zero-order chi connectivity index (χ0) is 13.8. The van der Waals surface area contributed by atoms with Gasteiger partial charge in [0, 0.05) is 11.6 Å². The molecular formula is C15H21ClN2O. The van der Waals surface area contributed by atoms with Crippen LogP contribution in [-0.2, 0) is 4.79 Å². The van der Waals surface area contributed by atoms with E-state index in [0.29, 0.717) is 0 Å². The number of carbonyl (C=O) groups excluding carboxylic acids is 1. The van der Waals surface area contributed by atoms with E-state index in [1.807, 2.05) is 36.1 Å². The molecule has 2 atom stereocenters. The van der Waals surface area contributed by atoms with Gasteiger partial charge in [0.25, 0.3) is 0 Å². The van der Waals surface area contributed by atoms with Crippen LogP contribution in [0.5, 0.6) is 0 Å². The van der Waals surface area contributed by atoms with E-state index in [9.17, 15) is 4.79 Å². The molecule has 0 spiro atoms. The van der Waals surface area contributed by atoms with Crippen molar-refractivity contribution in [2.24, 2.45) is 0 Å². The Kier molecular flexibility index (Phi) is 4.83. The van der Waals surface area contributed by atoms with E-state index in [0.717, 1.165) is 36.5 Å². The summed E-state index contributed by atoms with van der Waals surface area (Å²) in [6.07, 6.45) is 1.99. The number of likely N-dealkylation sites (tertiary alicyclic amines) is 1. The molecule has 1 aliphatic heterocycles. The number of halogens is 1. The molecule has 0 aromatic heterocycles. The Morgan fingerprint density at radius 2 is 2.32 bits per heavy atom. The third kappa shape index (κ3) is 3.28. The largest absolute Gasteiger partial charge is 0.335 e. The Bertz CT molecular complexity index is 448. The fraction of sp³-hybridized carbons (Fsp3) is 0.533. The molecule has 0 aliphatic carbocycles. The van der Waals surface area contributed by atoms with Gasteiger partial charge >= 0.3 is 0 Å². The van der Waals surface area contributed by atoms with E-state index in [-0.39, 0.29) is 18.0 Å². The number of benzene rings is 1. The van der Waals surface area contributed by atoms with Gasteiger partial charge in [-0.15, -0.1) is 0 Å². The summed E-state index contributed by atoms with van der Waals surface area (Å²) in [6.45, 7) is 5.76. The Labute approximate surface area is 119 Å². The SMILES string of the molecule is CCNC1CCCN(C(C)c2cccc(Cl)c2)C1=O. The first kappa shape index (κ1) is 14.4. The van der Waals surface area contributed by atoms with Gasteiger partial charge in [-0.1, -0.05) is 30.7 Å². The van der Waals surface area contributed by atoms with Gasteiger partial charge in [0.15, 0.2) is 0 Å². The maximum absolute atomic E-state index is 12.4. The molecule has 1 amide bonds. The van der Waals surface area contributed by atoms with Gasteiger partial charge in [-0.05, 0) is 44.0 Å². The van der Waals surface area contributed by atoms with Gasteiger partial charge in [-0.2, -0.15) is 0 Å². The predicted molar refractivity (Wildman–Crippen MR) is 78.3 cm³/mol. The number of carbonyl (C=O) groups is 1. The molecule has 1 aromatic carbocycles. The quantitative estimate of drug-likeness (QED) is 0.920. The van der Waals surface area contributed by atoms with Crippen LogP contribution in [0.25, 0.3) is 0 Å². The highest BCUT2D eigenvalue weighted by atomic mass is 35.5. The number of likely N-dealkylation sites (N-methyl/N-ethyl adjacent to an activating group) is 1. The summed E-state index contributed by atoms with van der Waals surface area (Å²) in [5.74, 6) is 0.209. The summed E-state index contributed by atoms with van der Waals surface area (Å²) in [5, 5.41) is 3.98. The average Bonchev–Trinajstić information content (AvgIpc) is 2.41. The van der Waals surface area contributed by atoms with Crippen LogP contribution in [0.4, 0.5) is 0 Å². The van der Waals surface area contributed by atoms with Crippen molar-refractivity contribution in [2.45, 2.75) is 38.8 Å². The zero-order valence-electron chi connectivity index (χ0n) is 11.5. The van der Waals surface area contributed by atoms with E-state index in [1.165, 1.54) is 0 Å². The number of piperidine rings is 1. The van der Waals surface area contributed by atoms with Crippen molar-refractivity contribution in [1.82, 2.24) is 10.2 Å². The Balaban J connectivity index is 2.14.